The lowest BCUT2D eigenvalue weighted by atomic mass is 10.1. The van der Waals surface area contributed by atoms with Crippen LogP contribution in [0.5, 0.6) is 0 Å². The third kappa shape index (κ3) is 2.43. The zero-order valence-electron chi connectivity index (χ0n) is 5.98. The van der Waals surface area contributed by atoms with Crippen molar-refractivity contribution in [3.05, 3.63) is 0 Å². The van der Waals surface area contributed by atoms with Gasteiger partial charge in [-0.3, -0.25) is 4.79 Å². The molecule has 0 amide bonds. The van der Waals surface area contributed by atoms with Gasteiger partial charge in [0.15, 0.2) is 5.78 Å². The van der Waals surface area contributed by atoms with Crippen molar-refractivity contribution in [2.24, 2.45) is 0 Å². The monoisotopic (exact) mass is 148 g/mol. The summed E-state index contributed by atoms with van der Waals surface area (Å²) in [4.78, 5) is 10.4. The van der Waals surface area contributed by atoms with Gasteiger partial charge in [-0.15, -0.1) is 0 Å². The zero-order chi connectivity index (χ0) is 8.31. The Labute approximate surface area is 59.1 Å². The zero-order valence-corrected chi connectivity index (χ0v) is 5.98. The highest BCUT2D eigenvalue weighted by molar-refractivity contribution is 5.80. The van der Waals surface area contributed by atoms with Gasteiger partial charge in [-0.05, 0) is 13.8 Å². The van der Waals surface area contributed by atoms with E-state index in [4.69, 9.17) is 15.3 Å². The van der Waals surface area contributed by atoms with Gasteiger partial charge in [0.1, 0.15) is 12.2 Å². The highest BCUT2D eigenvalue weighted by Gasteiger charge is 2.24. The summed E-state index contributed by atoms with van der Waals surface area (Å²) in [5.74, 6) is -0.548. The summed E-state index contributed by atoms with van der Waals surface area (Å²) in [7, 11) is 0. The predicted octanol–water partition coefficient (Wildman–Crippen LogP) is -1.32. The van der Waals surface area contributed by atoms with Crippen LogP contribution in [0.15, 0.2) is 0 Å². The van der Waals surface area contributed by atoms with E-state index in [1.807, 2.05) is 0 Å². The van der Waals surface area contributed by atoms with Gasteiger partial charge in [-0.1, -0.05) is 0 Å². The predicted molar refractivity (Wildman–Crippen MR) is 34.4 cm³/mol. The van der Waals surface area contributed by atoms with Gasteiger partial charge in [0, 0.05) is 0 Å². The lowest BCUT2D eigenvalue weighted by Gasteiger charge is -2.17. The Hall–Kier alpha value is -0.450. The van der Waals surface area contributed by atoms with Gasteiger partial charge in [0.2, 0.25) is 0 Å². The smallest absolute Gasteiger partial charge is 0.160 e. The minimum absolute atomic E-state index is 0.548. The van der Waals surface area contributed by atoms with E-state index in [-0.39, 0.29) is 0 Å². The molecule has 3 N–H and O–H groups in total. The second-order valence-corrected chi connectivity index (χ2v) is 2.29. The SMILES string of the molecule is CC(=O)[C@H](O)[C@@H](O)[C@H](C)O. The number of hydrogen-bond donors (Lipinski definition) is 3. The summed E-state index contributed by atoms with van der Waals surface area (Å²) < 4.78 is 0. The van der Waals surface area contributed by atoms with Crippen molar-refractivity contribution in [1.82, 2.24) is 0 Å². The number of aliphatic hydroxyl groups is 3. The topological polar surface area (TPSA) is 77.8 Å². The van der Waals surface area contributed by atoms with Crippen LogP contribution in [0.25, 0.3) is 0 Å². The molecule has 0 spiro atoms. The Kier molecular flexibility index (Phi) is 3.49. The number of carbonyl (C=O) groups is 1. The number of hydrogen-bond acceptors (Lipinski definition) is 4. The third-order valence-electron chi connectivity index (χ3n) is 1.23. The van der Waals surface area contributed by atoms with E-state index < -0.39 is 24.1 Å². The summed E-state index contributed by atoms with van der Waals surface area (Å²) in [6.07, 6.45) is -3.93. The molecule has 3 atom stereocenters. The van der Waals surface area contributed by atoms with Crippen LogP contribution >= 0.6 is 0 Å². The molecule has 0 saturated carbocycles. The molecule has 4 heteroatoms. The Morgan fingerprint density at radius 2 is 1.70 bits per heavy atom. The number of carbonyl (C=O) groups excluding carboxylic acids is 1. The first-order valence-corrected chi connectivity index (χ1v) is 3.01. The van der Waals surface area contributed by atoms with Crippen LogP contribution in [0.1, 0.15) is 13.8 Å². The molecule has 0 unspecified atom stereocenters. The number of ketones is 1. The molecule has 0 saturated heterocycles. The minimum Gasteiger partial charge on any atom is -0.391 e. The molecule has 0 heterocycles. The highest BCUT2D eigenvalue weighted by Crippen LogP contribution is 1.99. The van der Waals surface area contributed by atoms with E-state index >= 15 is 0 Å². The molecule has 0 aliphatic carbocycles. The molecule has 0 aliphatic heterocycles. The maximum absolute atomic E-state index is 10.4. The molecule has 60 valence electrons. The van der Waals surface area contributed by atoms with Crippen LogP contribution in [-0.4, -0.2) is 39.4 Å². The quantitative estimate of drug-likeness (QED) is 0.464. The van der Waals surface area contributed by atoms with Crippen molar-refractivity contribution in [3.63, 3.8) is 0 Å². The van der Waals surface area contributed by atoms with Crippen LogP contribution in [0.3, 0.4) is 0 Å². The highest BCUT2D eigenvalue weighted by atomic mass is 16.4. The average molecular weight is 148 g/mol. The van der Waals surface area contributed by atoms with Crippen LogP contribution in [0.2, 0.25) is 0 Å². The summed E-state index contributed by atoms with van der Waals surface area (Å²) >= 11 is 0. The first-order valence-electron chi connectivity index (χ1n) is 3.01. The first kappa shape index (κ1) is 9.55. The summed E-state index contributed by atoms with van der Waals surface area (Å²) in [5.41, 5.74) is 0. The van der Waals surface area contributed by atoms with E-state index in [9.17, 15) is 4.79 Å². The second-order valence-electron chi connectivity index (χ2n) is 2.29. The van der Waals surface area contributed by atoms with Crippen molar-refractivity contribution in [1.29, 1.82) is 0 Å². The molecule has 0 fully saturated rings. The Morgan fingerprint density at radius 1 is 1.30 bits per heavy atom. The normalized spacial score (nSPS) is 19.7. The fourth-order valence-corrected chi connectivity index (χ4v) is 0.504. The van der Waals surface area contributed by atoms with E-state index in [0.29, 0.717) is 0 Å². The molecule has 0 radical (unpaired) electrons. The molecular weight excluding hydrogens is 136 g/mol. The summed E-state index contributed by atoms with van der Waals surface area (Å²) in [5, 5.41) is 26.3. The summed E-state index contributed by atoms with van der Waals surface area (Å²) in [6.45, 7) is 2.45. The Morgan fingerprint density at radius 3 is 1.80 bits per heavy atom. The van der Waals surface area contributed by atoms with Crippen LogP contribution in [0, 0.1) is 0 Å². The third-order valence-corrected chi connectivity index (χ3v) is 1.23. The van der Waals surface area contributed by atoms with Gasteiger partial charge in [-0.2, -0.15) is 0 Å². The van der Waals surface area contributed by atoms with E-state index in [2.05, 4.69) is 0 Å². The molecule has 4 nitrogen and oxygen atoms in total. The lowest BCUT2D eigenvalue weighted by molar-refractivity contribution is -0.135. The minimum atomic E-state index is -1.47. The fourth-order valence-electron chi connectivity index (χ4n) is 0.504. The molecule has 0 aromatic rings. The number of aliphatic hydroxyl groups excluding tert-OH is 3. The van der Waals surface area contributed by atoms with E-state index in [0.717, 1.165) is 6.92 Å². The Balaban J connectivity index is 3.94. The van der Waals surface area contributed by atoms with Crippen LogP contribution < -0.4 is 0 Å². The number of Topliss-reactive ketones (excluding diaryl/α,β-unsaturated/α-hetero) is 1. The largest absolute Gasteiger partial charge is 0.391 e. The average Bonchev–Trinajstić information content (AvgIpc) is 1.84. The van der Waals surface area contributed by atoms with Gasteiger partial charge in [0.05, 0.1) is 6.10 Å². The van der Waals surface area contributed by atoms with Crippen molar-refractivity contribution in [2.45, 2.75) is 32.2 Å². The first-order chi connectivity index (χ1) is 4.46. The number of rotatable bonds is 3. The van der Waals surface area contributed by atoms with E-state index in [1.165, 1.54) is 6.92 Å². The van der Waals surface area contributed by atoms with Crippen LogP contribution in [-0.2, 0) is 4.79 Å². The molecule has 0 aromatic heterocycles. The van der Waals surface area contributed by atoms with Crippen molar-refractivity contribution in [3.8, 4) is 0 Å². The van der Waals surface area contributed by atoms with Gasteiger partial charge < -0.3 is 15.3 Å². The second kappa shape index (κ2) is 3.65. The van der Waals surface area contributed by atoms with Gasteiger partial charge in [-0.25, -0.2) is 0 Å². The molecule has 10 heavy (non-hydrogen) atoms. The lowest BCUT2D eigenvalue weighted by Crippen LogP contribution is -2.39. The Bertz CT molecular complexity index is 121. The van der Waals surface area contributed by atoms with Crippen molar-refractivity contribution >= 4 is 5.78 Å². The molecule has 0 rings (SSSR count). The van der Waals surface area contributed by atoms with E-state index in [1.54, 1.807) is 0 Å². The molecule has 0 bridgehead atoms. The molecular formula is C6H12O4. The van der Waals surface area contributed by atoms with Crippen molar-refractivity contribution in [2.75, 3.05) is 0 Å². The van der Waals surface area contributed by atoms with Crippen molar-refractivity contribution < 1.29 is 20.1 Å². The maximum Gasteiger partial charge on any atom is 0.160 e. The summed E-state index contributed by atoms with van der Waals surface area (Å²) in [6, 6.07) is 0. The molecule has 0 aromatic carbocycles. The fraction of sp³-hybridized carbons (Fsp3) is 0.833. The van der Waals surface area contributed by atoms with Crippen LogP contribution in [0.4, 0.5) is 0 Å². The van der Waals surface area contributed by atoms with Gasteiger partial charge in [0.25, 0.3) is 0 Å². The standard InChI is InChI=1S/C6H12O4/c1-3(7)5(9)6(10)4(2)8/h3,5-7,9-10H,1-2H3/t3-,5-,6-/m0/s1. The van der Waals surface area contributed by atoms with Gasteiger partial charge >= 0.3 is 0 Å². The maximum atomic E-state index is 10.4. The molecule has 0 aliphatic rings.